The number of carbonyl (C=O) groups excluding carboxylic acids is 1. The predicted molar refractivity (Wildman–Crippen MR) is 79.5 cm³/mol. The maximum absolute atomic E-state index is 11.8. The number of hydrogen-bond acceptors (Lipinski definition) is 6. The Hall–Kier alpha value is -1.83. The smallest absolute Gasteiger partial charge is 0.345 e. The summed E-state index contributed by atoms with van der Waals surface area (Å²) < 4.78 is 15.4. The van der Waals surface area contributed by atoms with Crippen LogP contribution < -0.4 is 9.47 Å². The minimum Gasteiger partial charge on any atom is -0.493 e. The number of alkyl halides is 1. The van der Waals surface area contributed by atoms with Gasteiger partial charge in [0, 0.05) is 11.4 Å². The first-order valence-corrected chi connectivity index (χ1v) is 7.39. The molecule has 1 rings (SSSR count). The molecule has 0 aliphatic carbocycles. The number of nitrogens with zero attached hydrogens (tertiary/aromatic N) is 1. The molecule has 0 aliphatic rings. The lowest BCUT2D eigenvalue weighted by Crippen LogP contribution is -2.09. The molecule has 0 amide bonds. The van der Waals surface area contributed by atoms with Crippen LogP contribution in [0.1, 0.15) is 23.7 Å². The van der Waals surface area contributed by atoms with Crippen molar-refractivity contribution >= 4 is 27.6 Å². The first kappa shape index (κ1) is 17.2. The van der Waals surface area contributed by atoms with Crippen molar-refractivity contribution in [3.05, 3.63) is 27.8 Å². The summed E-state index contributed by atoms with van der Waals surface area (Å²) in [4.78, 5) is 22.2. The fourth-order valence-corrected chi connectivity index (χ4v) is 1.81. The Balaban J connectivity index is 3.20. The van der Waals surface area contributed by atoms with E-state index in [1.807, 2.05) is 0 Å². The van der Waals surface area contributed by atoms with Gasteiger partial charge in [-0.15, -0.1) is 0 Å². The Morgan fingerprint density at radius 3 is 2.62 bits per heavy atom. The van der Waals surface area contributed by atoms with Crippen molar-refractivity contribution in [3.63, 3.8) is 0 Å². The molecule has 116 valence electrons. The minimum atomic E-state index is -0.769. The molecule has 21 heavy (non-hydrogen) atoms. The zero-order chi connectivity index (χ0) is 15.8. The number of nitro groups is 1. The lowest BCUT2D eigenvalue weighted by molar-refractivity contribution is -0.385. The molecule has 0 bridgehead atoms. The van der Waals surface area contributed by atoms with E-state index < -0.39 is 10.9 Å². The third-order valence-corrected chi connectivity index (χ3v) is 3.07. The van der Waals surface area contributed by atoms with Crippen LogP contribution in [0.2, 0.25) is 0 Å². The van der Waals surface area contributed by atoms with Crippen LogP contribution in [-0.2, 0) is 4.74 Å². The van der Waals surface area contributed by atoms with Crippen molar-refractivity contribution in [2.24, 2.45) is 0 Å². The van der Waals surface area contributed by atoms with Gasteiger partial charge >= 0.3 is 5.97 Å². The molecule has 0 atom stereocenters. The molecule has 0 heterocycles. The highest BCUT2D eigenvalue weighted by Crippen LogP contribution is 2.35. The first-order chi connectivity index (χ1) is 10.0. The largest absolute Gasteiger partial charge is 0.493 e. The van der Waals surface area contributed by atoms with E-state index in [1.54, 1.807) is 6.92 Å². The van der Waals surface area contributed by atoms with Gasteiger partial charge in [-0.05, 0) is 13.3 Å². The number of esters is 1. The van der Waals surface area contributed by atoms with E-state index in [0.29, 0.717) is 6.61 Å². The van der Waals surface area contributed by atoms with E-state index in [2.05, 4.69) is 15.9 Å². The molecule has 1 aromatic rings. The molecule has 0 fully saturated rings. The number of benzene rings is 1. The molecule has 1 aromatic carbocycles. The molecule has 0 saturated carbocycles. The average Bonchev–Trinajstić information content (AvgIpc) is 2.47. The summed E-state index contributed by atoms with van der Waals surface area (Å²) >= 11 is 3.26. The lowest BCUT2D eigenvalue weighted by atomic mass is 10.1. The number of halogens is 1. The molecule has 8 heteroatoms. The van der Waals surface area contributed by atoms with Crippen molar-refractivity contribution in [2.75, 3.05) is 25.7 Å². The number of ether oxygens (including phenoxy) is 3. The Morgan fingerprint density at radius 1 is 1.38 bits per heavy atom. The van der Waals surface area contributed by atoms with E-state index in [9.17, 15) is 14.9 Å². The zero-order valence-electron chi connectivity index (χ0n) is 11.8. The monoisotopic (exact) mass is 361 g/mol. The lowest BCUT2D eigenvalue weighted by Gasteiger charge is -2.12. The molecule has 0 aromatic heterocycles. The van der Waals surface area contributed by atoms with Crippen LogP contribution in [0.3, 0.4) is 0 Å². The van der Waals surface area contributed by atoms with E-state index in [4.69, 9.17) is 14.2 Å². The number of carbonyl (C=O) groups is 1. The van der Waals surface area contributed by atoms with Crippen LogP contribution in [-0.4, -0.2) is 36.5 Å². The van der Waals surface area contributed by atoms with Gasteiger partial charge in [0.25, 0.3) is 5.69 Å². The van der Waals surface area contributed by atoms with Gasteiger partial charge in [-0.25, -0.2) is 4.79 Å². The summed E-state index contributed by atoms with van der Waals surface area (Å²) in [5.74, 6) is -0.300. The normalized spacial score (nSPS) is 10.0. The molecular formula is C13H16BrNO6. The van der Waals surface area contributed by atoms with E-state index in [-0.39, 0.29) is 29.4 Å². The molecule has 0 spiro atoms. The second-order valence-electron chi connectivity index (χ2n) is 3.89. The molecule has 0 aliphatic heterocycles. The fourth-order valence-electron chi connectivity index (χ4n) is 1.58. The number of rotatable bonds is 8. The third kappa shape index (κ3) is 4.59. The van der Waals surface area contributed by atoms with Crippen molar-refractivity contribution < 1.29 is 23.9 Å². The summed E-state index contributed by atoms with van der Waals surface area (Å²) in [7, 11) is 1.40. The standard InChI is InChI=1S/C13H16BrNO6/c1-3-20-13(16)9-7-11(19-2)12(21-6-4-5-14)8-10(9)15(17)18/h7-8H,3-6H2,1-2H3. The first-order valence-electron chi connectivity index (χ1n) is 6.27. The average molecular weight is 362 g/mol. The molecule has 0 radical (unpaired) electrons. The molecule has 7 nitrogen and oxygen atoms in total. The van der Waals surface area contributed by atoms with Gasteiger partial charge in [0.1, 0.15) is 5.56 Å². The SMILES string of the molecule is CCOC(=O)c1cc(OC)c(OCCCBr)cc1[N+](=O)[O-]. The number of nitro benzene ring substituents is 1. The summed E-state index contributed by atoms with van der Waals surface area (Å²) in [6.07, 6.45) is 0.733. The van der Waals surface area contributed by atoms with Crippen molar-refractivity contribution in [1.82, 2.24) is 0 Å². The Labute approximate surface area is 130 Å². The fraction of sp³-hybridized carbons (Fsp3) is 0.462. The van der Waals surface area contributed by atoms with E-state index in [1.165, 1.54) is 19.2 Å². The Bertz CT molecular complexity index is 520. The van der Waals surface area contributed by atoms with Crippen molar-refractivity contribution in [1.29, 1.82) is 0 Å². The van der Waals surface area contributed by atoms with Crippen molar-refractivity contribution in [3.8, 4) is 11.5 Å². The van der Waals surface area contributed by atoms with E-state index >= 15 is 0 Å². The highest BCUT2D eigenvalue weighted by atomic mass is 79.9. The predicted octanol–water partition coefficient (Wildman–Crippen LogP) is 2.94. The quantitative estimate of drug-likeness (QED) is 0.232. The highest BCUT2D eigenvalue weighted by Gasteiger charge is 2.25. The van der Waals surface area contributed by atoms with Gasteiger partial charge in [-0.1, -0.05) is 15.9 Å². The topological polar surface area (TPSA) is 87.9 Å². The summed E-state index contributed by atoms with van der Waals surface area (Å²) in [6.45, 7) is 2.12. The molecular weight excluding hydrogens is 346 g/mol. The second kappa shape index (κ2) is 8.46. The third-order valence-electron chi connectivity index (χ3n) is 2.51. The number of hydrogen-bond donors (Lipinski definition) is 0. The van der Waals surface area contributed by atoms with Crippen molar-refractivity contribution in [2.45, 2.75) is 13.3 Å². The van der Waals surface area contributed by atoms with Gasteiger partial charge < -0.3 is 14.2 Å². The maximum atomic E-state index is 11.8. The van der Waals surface area contributed by atoms with Gasteiger partial charge in [0.05, 0.1) is 31.3 Å². The molecule has 0 saturated heterocycles. The van der Waals surface area contributed by atoms with Crippen LogP contribution in [0.4, 0.5) is 5.69 Å². The van der Waals surface area contributed by atoms with Crippen LogP contribution >= 0.6 is 15.9 Å². The van der Waals surface area contributed by atoms with Gasteiger partial charge in [0.2, 0.25) is 0 Å². The number of methoxy groups -OCH3 is 1. The van der Waals surface area contributed by atoms with Crippen LogP contribution in [0.15, 0.2) is 12.1 Å². The second-order valence-corrected chi connectivity index (χ2v) is 4.68. The minimum absolute atomic E-state index is 0.127. The van der Waals surface area contributed by atoms with Crippen LogP contribution in [0, 0.1) is 10.1 Å². The Morgan fingerprint density at radius 2 is 2.10 bits per heavy atom. The van der Waals surface area contributed by atoms with E-state index in [0.717, 1.165) is 11.8 Å². The van der Waals surface area contributed by atoms with Crippen LogP contribution in [0.5, 0.6) is 11.5 Å². The van der Waals surface area contributed by atoms with Crippen LogP contribution in [0.25, 0.3) is 0 Å². The summed E-state index contributed by atoms with van der Waals surface area (Å²) in [6, 6.07) is 2.44. The summed E-state index contributed by atoms with van der Waals surface area (Å²) in [5, 5.41) is 11.9. The van der Waals surface area contributed by atoms with Gasteiger partial charge in [-0.2, -0.15) is 0 Å². The molecule has 0 unspecified atom stereocenters. The van der Waals surface area contributed by atoms with Gasteiger partial charge in [0.15, 0.2) is 11.5 Å². The highest BCUT2D eigenvalue weighted by molar-refractivity contribution is 9.09. The summed E-state index contributed by atoms with van der Waals surface area (Å²) in [5.41, 5.74) is -0.533. The zero-order valence-corrected chi connectivity index (χ0v) is 13.3. The molecule has 0 N–H and O–H groups in total. The maximum Gasteiger partial charge on any atom is 0.345 e. The van der Waals surface area contributed by atoms with Gasteiger partial charge in [-0.3, -0.25) is 10.1 Å². The Kier molecular flexibility index (Phi) is 6.93.